The fraction of sp³-hybridized carbons (Fsp3) is 0.541. The maximum Gasteiger partial charge on any atom is 0.244 e. The summed E-state index contributed by atoms with van der Waals surface area (Å²) in [7, 11) is 0. The minimum atomic E-state index is -1.48. The summed E-state index contributed by atoms with van der Waals surface area (Å²) in [5.41, 5.74) is 17.9. The van der Waals surface area contributed by atoms with Crippen LogP contribution in [0.2, 0.25) is 0 Å². The number of aromatic nitrogens is 2. The van der Waals surface area contributed by atoms with E-state index < -0.39 is 108 Å². The number of unbranched alkanes of at least 4 members (excludes halogenated alkanes) is 1. The number of hydrogen-bond donors (Lipinski definition) is 18. The lowest BCUT2D eigenvalue weighted by Gasteiger charge is -2.47. The molecule has 10 rings (SSSR count). The SMILES string of the molecule is CCCN1C[C@H](CSCC(=O)NCCN2CCN(CC(=O)NCCN3CCN(CC(=O)N[C@H](Cc4ccccc4)C(=O)N[C@@H](CS)C(=O)N[C@@H](Cc4ccc(O)cc4)C(=O)N[C@H](Cc4c[nH]c5ccccc45)C(=O)N[C@@H](CCCCN)C(=O)N[C@@H](CC)C(=O)N[C@@H](CS)C(=O)N[C@H](C(N)=O)[C@@H](C)O)CC3)CC2)C[C@@H]2c3cccc4[nH]cc(c34)C[C@H]21. The normalized spacial score (nSPS) is 18.8. The standard InChI is InChI=1S/C85H121N19O13S3/c1-4-28-104-46-56(39-62-61-17-13-20-65-76(61)58(45-91-65)43-72(62)104)51-120-52-75(109)89-27-30-101-31-35-102(36-32-101)47-73(107)88-26-29-100-33-37-103(38-34-100)48-74(108)92-67(40-54-14-7-6-8-15-54)81(113)98-70(49-118)84(116)95-68(41-55-21-23-59(106)24-22-55)82(114)96-69(42-57-44-90-64-18-10-9-16-60(57)64)83(115)94-66(19-11-12-25-86)80(112)93-63(5-2)79(111)97-71(50-119)85(117)99-77(53(3)105)78(87)110/h6-10,13-18,20-24,44-45,53,56,62-63,66-72,77,90-91,105-106,118-119H,4-5,11-12,19,25-43,46-52,86H2,1-3H3,(H2,87,110)(H,88,107)(H,89,109)(H,92,108)(H,93,112)(H,94,115)(H,95,116)(H,96,114)(H,97,111)(H,98,113)(H,99,117)/t53-,56-,62-,63+,66+,67-,68+,69-,70+,71+,72-,77+/m1/s1. The molecule has 0 radical (unpaired) electrons. The Morgan fingerprint density at radius 1 is 0.550 bits per heavy atom. The number of aliphatic hydroxyl groups excluding tert-OH is 1. The summed E-state index contributed by atoms with van der Waals surface area (Å²) in [6.45, 7) is 15.6. The van der Waals surface area contributed by atoms with E-state index in [-0.39, 0.29) is 74.3 Å². The molecule has 0 unspecified atom stereocenters. The van der Waals surface area contributed by atoms with Crippen LogP contribution in [0, 0.1) is 5.92 Å². The number of nitrogens with one attached hydrogen (secondary N) is 12. The molecule has 12 atom stereocenters. The van der Waals surface area contributed by atoms with Crippen molar-refractivity contribution in [2.75, 3.05) is 134 Å². The van der Waals surface area contributed by atoms with Gasteiger partial charge in [-0.3, -0.25) is 77.2 Å². The molecule has 0 saturated carbocycles. The lowest BCUT2D eigenvalue weighted by molar-refractivity contribution is -0.136. The molecule has 5 heterocycles. The Bertz CT molecular complexity index is 4410. The van der Waals surface area contributed by atoms with Crippen LogP contribution in [0.1, 0.15) is 93.0 Å². The third-order valence-electron chi connectivity index (χ3n) is 22.9. The summed E-state index contributed by atoms with van der Waals surface area (Å²) >= 11 is 10.4. The Labute approximate surface area is 716 Å². The molecule has 3 saturated heterocycles. The minimum Gasteiger partial charge on any atom is -0.508 e. The van der Waals surface area contributed by atoms with E-state index in [9.17, 15) is 58.2 Å². The van der Waals surface area contributed by atoms with E-state index in [2.05, 4.69) is 139 Å². The smallest absolute Gasteiger partial charge is 0.244 e. The minimum absolute atomic E-state index is 0.00532. The van der Waals surface area contributed by atoms with E-state index in [1.54, 1.807) is 55.2 Å². The number of para-hydroxylation sites is 1. The topological polar surface area (TPSA) is 448 Å². The van der Waals surface area contributed by atoms with Gasteiger partial charge < -0.3 is 84.8 Å². The summed E-state index contributed by atoms with van der Waals surface area (Å²) in [6, 6.07) is 18.5. The molecule has 0 bridgehead atoms. The van der Waals surface area contributed by atoms with Crippen molar-refractivity contribution in [2.45, 2.75) is 151 Å². The Morgan fingerprint density at radius 3 is 1.68 bits per heavy atom. The van der Waals surface area contributed by atoms with Gasteiger partial charge in [0.2, 0.25) is 65.0 Å². The number of amides is 11. The number of carbonyl (C=O) groups excluding carboxylic acids is 11. The van der Waals surface area contributed by atoms with Crippen molar-refractivity contribution in [1.82, 2.24) is 87.6 Å². The summed E-state index contributed by atoms with van der Waals surface area (Å²) in [6.07, 6.45) is 6.37. The number of H-pyrrole nitrogens is 2. The van der Waals surface area contributed by atoms with Gasteiger partial charge in [0, 0.05) is 162 Å². The molecule has 6 aromatic rings. The van der Waals surface area contributed by atoms with Gasteiger partial charge in [-0.15, -0.1) is 0 Å². The van der Waals surface area contributed by atoms with Crippen molar-refractivity contribution in [2.24, 2.45) is 17.4 Å². The third kappa shape index (κ3) is 27.1. The molecule has 35 heteroatoms. The number of aliphatic hydroxyl groups is 1. The van der Waals surface area contributed by atoms with Gasteiger partial charge in [0.15, 0.2) is 0 Å². The number of benzene rings is 4. The zero-order chi connectivity index (χ0) is 85.8. The van der Waals surface area contributed by atoms with Crippen molar-refractivity contribution in [3.63, 3.8) is 0 Å². The number of rotatable bonds is 46. The predicted octanol–water partition coefficient (Wildman–Crippen LogP) is 0.167. The van der Waals surface area contributed by atoms with E-state index >= 15 is 4.79 Å². The lowest BCUT2D eigenvalue weighted by atomic mass is 9.72. The van der Waals surface area contributed by atoms with Crippen molar-refractivity contribution in [1.29, 1.82) is 0 Å². The highest BCUT2D eigenvalue weighted by molar-refractivity contribution is 7.99. The second kappa shape index (κ2) is 46.6. The number of phenols is 1. The number of aromatic hydroxyl groups is 1. The number of likely N-dealkylation sites (tertiary alicyclic amines) is 1. The molecule has 1 aliphatic carbocycles. The molecular formula is C85H121N19O13S3. The van der Waals surface area contributed by atoms with E-state index in [1.165, 1.54) is 41.1 Å². The first-order chi connectivity index (χ1) is 57.9. The number of aromatic amines is 2. The van der Waals surface area contributed by atoms with Crippen molar-refractivity contribution in [3.8, 4) is 5.75 Å². The van der Waals surface area contributed by atoms with Crippen molar-refractivity contribution < 1.29 is 63.0 Å². The number of fused-ring (bicyclic) bond motifs is 3. The molecule has 18 N–H and O–H groups in total. The molecule has 3 aliphatic heterocycles. The molecule has 4 aromatic carbocycles. The number of piperidine rings is 1. The number of primary amides is 1. The molecule has 11 amide bonds. The van der Waals surface area contributed by atoms with Crippen molar-refractivity contribution in [3.05, 3.63) is 137 Å². The number of hydrogen-bond acceptors (Lipinski definition) is 22. The Hall–Kier alpha value is -9.30. The number of thiol groups is 2. The molecule has 2 aromatic heterocycles. The van der Waals surface area contributed by atoms with Crippen LogP contribution in [0.5, 0.6) is 5.75 Å². The molecule has 32 nitrogen and oxygen atoms in total. The Balaban J connectivity index is 0.681. The van der Waals surface area contributed by atoms with Crippen LogP contribution in [-0.4, -0.2) is 304 Å². The first-order valence-electron chi connectivity index (χ1n) is 41.9. The fourth-order valence-corrected chi connectivity index (χ4v) is 17.9. The number of phenolic OH excluding ortho intramolecular Hbond substituents is 1. The van der Waals surface area contributed by atoms with Gasteiger partial charge in [0.1, 0.15) is 54.1 Å². The number of thioether (sulfide) groups is 1. The quantitative estimate of drug-likeness (QED) is 0.0179. The summed E-state index contributed by atoms with van der Waals surface area (Å²) in [5.74, 6) is -5.30. The maximum absolute atomic E-state index is 15.1. The summed E-state index contributed by atoms with van der Waals surface area (Å²) in [5, 5.41) is 50.2. The third-order valence-corrected chi connectivity index (χ3v) is 24.8. The highest BCUT2D eigenvalue weighted by atomic mass is 32.2. The summed E-state index contributed by atoms with van der Waals surface area (Å²) in [4.78, 5) is 171. The van der Waals surface area contributed by atoms with Crippen LogP contribution in [0.4, 0.5) is 0 Å². The average Bonchev–Trinajstić information content (AvgIpc) is 1.53. The zero-order valence-corrected chi connectivity index (χ0v) is 71.4. The van der Waals surface area contributed by atoms with Crippen LogP contribution >= 0.6 is 37.0 Å². The lowest BCUT2D eigenvalue weighted by Crippen LogP contribution is -2.61. The van der Waals surface area contributed by atoms with Gasteiger partial charge in [-0.25, -0.2) is 0 Å². The Morgan fingerprint density at radius 2 is 1.07 bits per heavy atom. The van der Waals surface area contributed by atoms with Crippen LogP contribution in [0.25, 0.3) is 21.8 Å². The number of nitrogens with two attached hydrogens (primary N) is 2. The predicted molar refractivity (Wildman–Crippen MR) is 469 cm³/mol. The Kier molecular flexibility index (Phi) is 36.1. The molecule has 0 spiro atoms. The molecular weight excluding hydrogens is 1590 g/mol. The summed E-state index contributed by atoms with van der Waals surface area (Å²) < 4.78 is 0. The van der Waals surface area contributed by atoms with E-state index in [0.717, 1.165) is 87.3 Å². The van der Waals surface area contributed by atoms with Crippen LogP contribution in [0.3, 0.4) is 0 Å². The van der Waals surface area contributed by atoms with E-state index in [0.29, 0.717) is 100.0 Å². The highest BCUT2D eigenvalue weighted by Crippen LogP contribution is 2.45. The average molecular weight is 1710 g/mol. The zero-order valence-electron chi connectivity index (χ0n) is 68.8. The highest BCUT2D eigenvalue weighted by Gasteiger charge is 2.42. The van der Waals surface area contributed by atoms with E-state index in [1.807, 2.05) is 41.3 Å². The first-order valence-corrected chi connectivity index (χ1v) is 44.3. The van der Waals surface area contributed by atoms with Gasteiger partial charge in [0.25, 0.3) is 0 Å². The number of piperazine rings is 2. The largest absolute Gasteiger partial charge is 0.508 e. The second-order valence-electron chi connectivity index (χ2n) is 31.8. The van der Waals surface area contributed by atoms with Crippen LogP contribution in [-0.2, 0) is 78.4 Å². The number of nitrogens with zero attached hydrogens (tertiary/aromatic N) is 5. The maximum atomic E-state index is 15.1. The van der Waals surface area contributed by atoms with Gasteiger partial charge in [-0.1, -0.05) is 86.6 Å². The monoisotopic (exact) mass is 1710 g/mol. The van der Waals surface area contributed by atoms with Crippen LogP contribution < -0.4 is 64.6 Å². The van der Waals surface area contributed by atoms with Gasteiger partial charge in [0.05, 0.1) is 24.9 Å². The number of carbonyl (C=O) groups is 11. The second-order valence-corrected chi connectivity index (χ2v) is 33.6. The molecule has 652 valence electrons. The first kappa shape index (κ1) is 93.0. The van der Waals surface area contributed by atoms with Gasteiger partial charge >= 0.3 is 0 Å². The molecule has 4 aliphatic rings. The molecule has 3 fully saturated rings. The molecule has 120 heavy (non-hydrogen) atoms. The fourth-order valence-electron chi connectivity index (χ4n) is 16.4. The van der Waals surface area contributed by atoms with E-state index in [4.69, 9.17) is 11.5 Å². The van der Waals surface area contributed by atoms with Crippen molar-refractivity contribution >= 4 is 124 Å². The van der Waals surface area contributed by atoms with Gasteiger partial charge in [-0.05, 0) is 129 Å². The van der Waals surface area contributed by atoms with Crippen LogP contribution in [0.15, 0.2) is 109 Å². The van der Waals surface area contributed by atoms with Gasteiger partial charge in [-0.2, -0.15) is 37.0 Å².